The normalized spacial score (nSPS) is 14.3. The number of halogens is 1. The number of nitro groups is 1. The average Bonchev–Trinajstić information content (AvgIpc) is 3.26. The zero-order valence-electron chi connectivity index (χ0n) is 11.5. The number of anilines is 1. The Morgan fingerprint density at radius 3 is 2.85 bits per heavy atom. The van der Waals surface area contributed by atoms with Crippen molar-refractivity contribution in [3.05, 3.63) is 33.9 Å². The van der Waals surface area contributed by atoms with Crippen LogP contribution in [-0.4, -0.2) is 31.7 Å². The minimum Gasteiger partial charge on any atom is -0.379 e. The van der Waals surface area contributed by atoms with Gasteiger partial charge in [-0.1, -0.05) is 0 Å². The second-order valence-electron chi connectivity index (χ2n) is 5.14. The van der Waals surface area contributed by atoms with Crippen molar-refractivity contribution in [1.82, 2.24) is 0 Å². The number of likely N-dealkylation sites (N-methyl/N-ethyl adjacent to an activating group) is 1. The van der Waals surface area contributed by atoms with Gasteiger partial charge in [0, 0.05) is 43.9 Å². The van der Waals surface area contributed by atoms with E-state index in [0.717, 1.165) is 30.3 Å². The van der Waals surface area contributed by atoms with Crippen molar-refractivity contribution in [2.45, 2.75) is 18.7 Å². The standard InChI is InChI=1S/C14H19ClN2O3/c1-16(6-7-20-10-11-2-3-11)14-5-4-13(17(18)19)8-12(14)9-15/h4-5,8,11H,2-3,6-7,9-10H2,1H3. The molecule has 1 aromatic carbocycles. The molecule has 1 saturated carbocycles. The molecule has 1 aliphatic carbocycles. The molecule has 1 aliphatic rings. The van der Waals surface area contributed by atoms with Gasteiger partial charge in [-0.25, -0.2) is 0 Å². The largest absolute Gasteiger partial charge is 0.379 e. The van der Waals surface area contributed by atoms with Gasteiger partial charge in [0.1, 0.15) is 0 Å². The van der Waals surface area contributed by atoms with Crippen LogP contribution in [-0.2, 0) is 10.6 Å². The van der Waals surface area contributed by atoms with Gasteiger partial charge < -0.3 is 9.64 Å². The summed E-state index contributed by atoms with van der Waals surface area (Å²) in [6.07, 6.45) is 2.57. The van der Waals surface area contributed by atoms with Crippen LogP contribution < -0.4 is 4.90 Å². The van der Waals surface area contributed by atoms with E-state index in [0.29, 0.717) is 6.61 Å². The molecule has 0 aromatic heterocycles. The molecule has 0 atom stereocenters. The summed E-state index contributed by atoms with van der Waals surface area (Å²) in [6.45, 7) is 2.25. The van der Waals surface area contributed by atoms with Gasteiger partial charge in [0.2, 0.25) is 0 Å². The Hall–Kier alpha value is -1.33. The molecule has 5 nitrogen and oxygen atoms in total. The van der Waals surface area contributed by atoms with Gasteiger partial charge in [0.25, 0.3) is 5.69 Å². The number of hydrogen-bond donors (Lipinski definition) is 0. The number of rotatable bonds is 8. The smallest absolute Gasteiger partial charge is 0.269 e. The predicted molar refractivity (Wildman–Crippen MR) is 79.5 cm³/mol. The number of hydrogen-bond acceptors (Lipinski definition) is 4. The molecule has 0 saturated heterocycles. The maximum absolute atomic E-state index is 10.8. The molecule has 0 aliphatic heterocycles. The van der Waals surface area contributed by atoms with Crippen LogP contribution in [0.15, 0.2) is 18.2 Å². The van der Waals surface area contributed by atoms with Crippen molar-refractivity contribution < 1.29 is 9.66 Å². The van der Waals surface area contributed by atoms with E-state index in [-0.39, 0.29) is 11.6 Å². The first-order valence-corrected chi connectivity index (χ1v) is 7.27. The Morgan fingerprint density at radius 1 is 1.50 bits per heavy atom. The van der Waals surface area contributed by atoms with Gasteiger partial charge in [-0.2, -0.15) is 0 Å². The van der Waals surface area contributed by atoms with E-state index in [9.17, 15) is 10.1 Å². The number of alkyl halides is 1. The summed E-state index contributed by atoms with van der Waals surface area (Å²) < 4.78 is 5.60. The lowest BCUT2D eigenvalue weighted by Gasteiger charge is -2.21. The lowest BCUT2D eigenvalue weighted by molar-refractivity contribution is -0.384. The van der Waals surface area contributed by atoms with Crippen LogP contribution in [0.25, 0.3) is 0 Å². The van der Waals surface area contributed by atoms with Crippen molar-refractivity contribution >= 4 is 23.0 Å². The van der Waals surface area contributed by atoms with E-state index in [1.807, 2.05) is 11.9 Å². The molecule has 0 heterocycles. The molecule has 0 bridgehead atoms. The second kappa shape index (κ2) is 6.90. The summed E-state index contributed by atoms with van der Waals surface area (Å²) in [7, 11) is 1.94. The van der Waals surface area contributed by atoms with Crippen LogP contribution >= 0.6 is 11.6 Å². The topological polar surface area (TPSA) is 55.6 Å². The lowest BCUT2D eigenvalue weighted by Crippen LogP contribution is -2.24. The van der Waals surface area contributed by atoms with Crippen molar-refractivity contribution in [2.24, 2.45) is 5.92 Å². The van der Waals surface area contributed by atoms with E-state index in [1.54, 1.807) is 6.07 Å². The highest BCUT2D eigenvalue weighted by Crippen LogP contribution is 2.29. The molecule has 2 rings (SSSR count). The Labute approximate surface area is 123 Å². The molecule has 110 valence electrons. The Bertz CT molecular complexity index is 477. The first-order chi connectivity index (χ1) is 9.61. The summed E-state index contributed by atoms with van der Waals surface area (Å²) in [6, 6.07) is 4.79. The molecule has 1 fully saturated rings. The van der Waals surface area contributed by atoms with Crippen molar-refractivity contribution in [2.75, 3.05) is 31.7 Å². The van der Waals surface area contributed by atoms with Crippen LogP contribution in [0.1, 0.15) is 18.4 Å². The van der Waals surface area contributed by atoms with E-state index >= 15 is 0 Å². The Kier molecular flexibility index (Phi) is 5.20. The zero-order valence-corrected chi connectivity index (χ0v) is 12.3. The first kappa shape index (κ1) is 15.1. The van der Waals surface area contributed by atoms with Gasteiger partial charge in [-0.05, 0) is 30.4 Å². The van der Waals surface area contributed by atoms with Gasteiger partial charge in [0.05, 0.1) is 11.5 Å². The molecule has 0 spiro atoms. The minimum atomic E-state index is -0.404. The molecule has 0 radical (unpaired) electrons. The molecule has 0 N–H and O–H groups in total. The summed E-state index contributed by atoms with van der Waals surface area (Å²) >= 11 is 5.88. The average molecular weight is 299 g/mol. The zero-order chi connectivity index (χ0) is 14.5. The number of nitro benzene ring substituents is 1. The summed E-state index contributed by atoms with van der Waals surface area (Å²) in [5, 5.41) is 10.8. The third kappa shape index (κ3) is 4.08. The highest BCUT2D eigenvalue weighted by molar-refractivity contribution is 6.17. The third-order valence-corrected chi connectivity index (χ3v) is 3.74. The molecular weight excluding hydrogens is 280 g/mol. The maximum atomic E-state index is 10.8. The van der Waals surface area contributed by atoms with Gasteiger partial charge in [-0.3, -0.25) is 10.1 Å². The first-order valence-electron chi connectivity index (χ1n) is 6.74. The van der Waals surface area contributed by atoms with Crippen molar-refractivity contribution in [3.8, 4) is 0 Å². The molecule has 20 heavy (non-hydrogen) atoms. The SMILES string of the molecule is CN(CCOCC1CC1)c1ccc([N+](=O)[O-])cc1CCl. The Morgan fingerprint density at radius 2 is 2.25 bits per heavy atom. The quantitative estimate of drug-likeness (QED) is 0.320. The van der Waals surface area contributed by atoms with E-state index < -0.39 is 4.92 Å². The minimum absolute atomic E-state index is 0.0720. The van der Waals surface area contributed by atoms with Crippen LogP contribution in [0.2, 0.25) is 0 Å². The second-order valence-corrected chi connectivity index (χ2v) is 5.41. The highest BCUT2D eigenvalue weighted by Gasteiger charge is 2.21. The number of ether oxygens (including phenoxy) is 1. The van der Waals surface area contributed by atoms with Gasteiger partial charge >= 0.3 is 0 Å². The van der Waals surface area contributed by atoms with Crippen LogP contribution in [0, 0.1) is 16.0 Å². The molecule has 0 unspecified atom stereocenters. The van der Waals surface area contributed by atoms with Crippen molar-refractivity contribution in [1.29, 1.82) is 0 Å². The van der Waals surface area contributed by atoms with Crippen LogP contribution in [0.5, 0.6) is 0 Å². The monoisotopic (exact) mass is 298 g/mol. The molecule has 1 aromatic rings. The summed E-state index contributed by atoms with van der Waals surface area (Å²) in [5.41, 5.74) is 1.76. The fourth-order valence-electron chi connectivity index (χ4n) is 2.02. The molecule has 0 amide bonds. The van der Waals surface area contributed by atoms with E-state index in [2.05, 4.69) is 0 Å². The lowest BCUT2D eigenvalue weighted by atomic mass is 10.1. The molecular formula is C14H19ClN2O3. The van der Waals surface area contributed by atoms with E-state index in [4.69, 9.17) is 16.3 Å². The fourth-order valence-corrected chi connectivity index (χ4v) is 2.24. The predicted octanol–water partition coefficient (Wildman–Crippen LogP) is 3.20. The Balaban J connectivity index is 1.92. The van der Waals surface area contributed by atoms with Crippen LogP contribution in [0.3, 0.4) is 0 Å². The number of nitrogens with zero attached hydrogens (tertiary/aromatic N) is 2. The highest BCUT2D eigenvalue weighted by atomic mass is 35.5. The number of benzene rings is 1. The van der Waals surface area contributed by atoms with Crippen LogP contribution in [0.4, 0.5) is 11.4 Å². The maximum Gasteiger partial charge on any atom is 0.269 e. The van der Waals surface area contributed by atoms with E-state index in [1.165, 1.54) is 25.0 Å². The molecule has 6 heteroatoms. The number of non-ortho nitro benzene ring substituents is 1. The summed E-state index contributed by atoms with van der Waals surface area (Å²) in [5.74, 6) is 1.02. The fraction of sp³-hybridized carbons (Fsp3) is 0.571. The third-order valence-electron chi connectivity index (χ3n) is 3.45. The summed E-state index contributed by atoms with van der Waals surface area (Å²) in [4.78, 5) is 12.4. The van der Waals surface area contributed by atoms with Crippen molar-refractivity contribution in [3.63, 3.8) is 0 Å². The van der Waals surface area contributed by atoms with Gasteiger partial charge in [-0.15, -0.1) is 11.6 Å². The van der Waals surface area contributed by atoms with Gasteiger partial charge in [0.15, 0.2) is 0 Å².